The molecule has 5 rings (SSSR count). The van der Waals surface area contributed by atoms with Crippen LogP contribution in [0.1, 0.15) is 15.9 Å². The molecule has 0 saturated carbocycles. The Labute approximate surface area is 193 Å². The van der Waals surface area contributed by atoms with Crippen LogP contribution in [0, 0.1) is 6.92 Å². The van der Waals surface area contributed by atoms with Crippen molar-refractivity contribution in [3.8, 4) is 0 Å². The number of fused-ring (bicyclic) bond motifs is 1. The summed E-state index contributed by atoms with van der Waals surface area (Å²) in [6, 6.07) is 14.4. The van der Waals surface area contributed by atoms with E-state index in [9.17, 15) is 4.79 Å². The van der Waals surface area contributed by atoms with Gasteiger partial charge in [0.25, 0.3) is 5.91 Å². The van der Waals surface area contributed by atoms with Crippen LogP contribution in [0.25, 0.3) is 10.9 Å². The fourth-order valence-corrected chi connectivity index (χ4v) is 4.70. The molecule has 0 spiro atoms. The van der Waals surface area contributed by atoms with Crippen molar-refractivity contribution in [2.24, 2.45) is 0 Å². The molecule has 0 N–H and O–H groups in total. The third-order valence-corrected chi connectivity index (χ3v) is 6.56. The largest absolute Gasteiger partial charge is 0.378 e. The van der Waals surface area contributed by atoms with Crippen LogP contribution in [-0.2, 0) is 4.74 Å². The minimum Gasteiger partial charge on any atom is -0.378 e. The Bertz CT molecular complexity index is 1120. The molecule has 3 heterocycles. The second kappa shape index (κ2) is 8.96. The molecule has 2 aliphatic heterocycles. The second-order valence-corrected chi connectivity index (χ2v) is 8.83. The van der Waals surface area contributed by atoms with Crippen molar-refractivity contribution in [3.63, 3.8) is 0 Å². The van der Waals surface area contributed by atoms with E-state index in [4.69, 9.17) is 16.3 Å². The van der Waals surface area contributed by atoms with E-state index in [0.717, 1.165) is 42.8 Å². The number of morpholine rings is 1. The highest BCUT2D eigenvalue weighted by atomic mass is 35.5. The molecule has 1 aromatic heterocycles. The number of pyridine rings is 1. The molecule has 0 bridgehead atoms. The number of aromatic nitrogens is 1. The Kier molecular flexibility index (Phi) is 5.89. The number of aryl methyl sites for hydroxylation is 1. The number of piperazine rings is 1. The number of rotatable bonds is 3. The molecule has 0 unspecified atom stereocenters. The molecule has 6 nitrogen and oxygen atoms in total. The smallest absolute Gasteiger partial charge is 0.257 e. The van der Waals surface area contributed by atoms with E-state index in [-0.39, 0.29) is 5.91 Å². The van der Waals surface area contributed by atoms with Crippen LogP contribution >= 0.6 is 11.6 Å². The summed E-state index contributed by atoms with van der Waals surface area (Å²) < 4.78 is 5.44. The third kappa shape index (κ3) is 4.12. The zero-order valence-electron chi connectivity index (χ0n) is 18.3. The molecule has 2 fully saturated rings. The summed E-state index contributed by atoms with van der Waals surface area (Å²) in [6.45, 7) is 7.88. The lowest BCUT2D eigenvalue weighted by molar-refractivity contribution is 0.0303. The first-order valence-corrected chi connectivity index (χ1v) is 11.5. The van der Waals surface area contributed by atoms with Crippen molar-refractivity contribution >= 4 is 39.8 Å². The highest BCUT2D eigenvalue weighted by Crippen LogP contribution is 2.33. The summed E-state index contributed by atoms with van der Waals surface area (Å²) in [7, 11) is 0. The van der Waals surface area contributed by atoms with E-state index in [1.165, 1.54) is 11.3 Å². The lowest BCUT2D eigenvalue weighted by Gasteiger charge is -2.39. The Morgan fingerprint density at radius 1 is 0.938 bits per heavy atom. The number of carbonyl (C=O) groups is 1. The van der Waals surface area contributed by atoms with Crippen LogP contribution in [0.15, 0.2) is 48.7 Å². The van der Waals surface area contributed by atoms with Crippen LogP contribution in [0.5, 0.6) is 0 Å². The van der Waals surface area contributed by atoms with Gasteiger partial charge in [-0.15, -0.1) is 0 Å². The third-order valence-electron chi connectivity index (χ3n) is 6.33. The van der Waals surface area contributed by atoms with Crippen molar-refractivity contribution in [2.75, 3.05) is 62.3 Å². The van der Waals surface area contributed by atoms with Gasteiger partial charge in [-0.25, -0.2) is 0 Å². The summed E-state index contributed by atoms with van der Waals surface area (Å²) in [4.78, 5) is 24.6. The molecule has 166 valence electrons. The normalized spacial score (nSPS) is 17.1. The summed E-state index contributed by atoms with van der Waals surface area (Å²) in [5.41, 5.74) is 4.94. The van der Waals surface area contributed by atoms with Crippen molar-refractivity contribution in [3.05, 3.63) is 64.8 Å². The van der Waals surface area contributed by atoms with Crippen LogP contribution in [-0.4, -0.2) is 68.3 Å². The number of halogens is 1. The molecule has 3 aromatic rings. The van der Waals surface area contributed by atoms with Gasteiger partial charge in [0.05, 0.1) is 30.0 Å². The summed E-state index contributed by atoms with van der Waals surface area (Å²) >= 11 is 6.36. The number of hydrogen-bond acceptors (Lipinski definition) is 5. The topological polar surface area (TPSA) is 48.9 Å². The maximum absolute atomic E-state index is 13.5. The van der Waals surface area contributed by atoms with Gasteiger partial charge in [0.15, 0.2) is 0 Å². The highest BCUT2D eigenvalue weighted by Gasteiger charge is 2.27. The highest BCUT2D eigenvalue weighted by molar-refractivity contribution is 6.31. The summed E-state index contributed by atoms with van der Waals surface area (Å²) in [5.74, 6) is 0.0126. The summed E-state index contributed by atoms with van der Waals surface area (Å²) in [5, 5.41) is 1.58. The number of amides is 1. The van der Waals surface area contributed by atoms with Gasteiger partial charge >= 0.3 is 0 Å². The Morgan fingerprint density at radius 2 is 1.62 bits per heavy atom. The van der Waals surface area contributed by atoms with Crippen molar-refractivity contribution in [1.82, 2.24) is 9.88 Å². The molecule has 0 atom stereocenters. The van der Waals surface area contributed by atoms with Gasteiger partial charge in [-0.3, -0.25) is 9.78 Å². The zero-order chi connectivity index (χ0) is 22.1. The van der Waals surface area contributed by atoms with Crippen LogP contribution in [0.2, 0.25) is 5.02 Å². The average Bonchev–Trinajstić information content (AvgIpc) is 2.84. The minimum atomic E-state index is 0.0126. The Hall–Kier alpha value is -2.83. The standard InChI is InChI=1S/C25H27ClN4O2/c1-18-2-5-20(6-3-18)28-8-10-29(11-9-28)24-21-16-19(26)4-7-23(21)27-17-22(24)25(31)30-12-14-32-15-13-30/h2-7,16-17H,8-15H2,1H3. The number of nitrogens with zero attached hydrogens (tertiary/aromatic N) is 4. The predicted molar refractivity (Wildman–Crippen MR) is 129 cm³/mol. The minimum absolute atomic E-state index is 0.0126. The number of carbonyl (C=O) groups excluding carboxylic acids is 1. The van der Waals surface area contributed by atoms with E-state index in [2.05, 4.69) is 46.0 Å². The summed E-state index contributed by atoms with van der Waals surface area (Å²) in [6.07, 6.45) is 1.73. The number of anilines is 2. The van der Waals surface area contributed by atoms with Gasteiger partial charge in [0.2, 0.25) is 0 Å². The van der Waals surface area contributed by atoms with Crippen molar-refractivity contribution in [1.29, 1.82) is 0 Å². The first-order chi connectivity index (χ1) is 15.6. The maximum atomic E-state index is 13.5. The van der Waals surface area contributed by atoms with E-state index in [0.29, 0.717) is 36.9 Å². The van der Waals surface area contributed by atoms with Gasteiger partial charge in [-0.05, 0) is 37.3 Å². The molecule has 32 heavy (non-hydrogen) atoms. The van der Waals surface area contributed by atoms with E-state index >= 15 is 0 Å². The van der Waals surface area contributed by atoms with Gasteiger partial charge in [-0.2, -0.15) is 0 Å². The van der Waals surface area contributed by atoms with Gasteiger partial charge in [0.1, 0.15) is 0 Å². The number of hydrogen-bond donors (Lipinski definition) is 0. The van der Waals surface area contributed by atoms with E-state index in [1.807, 2.05) is 23.1 Å². The van der Waals surface area contributed by atoms with Crippen molar-refractivity contribution < 1.29 is 9.53 Å². The number of ether oxygens (including phenoxy) is 1. The van der Waals surface area contributed by atoms with E-state index < -0.39 is 0 Å². The molecule has 2 aromatic carbocycles. The average molecular weight is 451 g/mol. The molecular formula is C25H27ClN4O2. The molecule has 2 saturated heterocycles. The lowest BCUT2D eigenvalue weighted by atomic mass is 10.1. The molecule has 1 amide bonds. The quantitative estimate of drug-likeness (QED) is 0.603. The fourth-order valence-electron chi connectivity index (χ4n) is 4.53. The predicted octanol–water partition coefficient (Wildman–Crippen LogP) is 4.00. The van der Waals surface area contributed by atoms with Gasteiger partial charge in [-0.1, -0.05) is 29.3 Å². The monoisotopic (exact) mass is 450 g/mol. The Morgan fingerprint density at radius 3 is 2.34 bits per heavy atom. The molecule has 0 aliphatic carbocycles. The number of benzene rings is 2. The maximum Gasteiger partial charge on any atom is 0.257 e. The second-order valence-electron chi connectivity index (χ2n) is 8.40. The van der Waals surface area contributed by atoms with E-state index in [1.54, 1.807) is 6.20 Å². The lowest BCUT2D eigenvalue weighted by Crippen LogP contribution is -2.47. The molecule has 2 aliphatic rings. The molecular weight excluding hydrogens is 424 g/mol. The Balaban J connectivity index is 1.48. The first kappa shape index (κ1) is 21.0. The van der Waals surface area contributed by atoms with Crippen molar-refractivity contribution in [2.45, 2.75) is 6.92 Å². The fraction of sp³-hybridized carbons (Fsp3) is 0.360. The molecule has 7 heteroatoms. The molecule has 0 radical (unpaired) electrons. The van der Waals surface area contributed by atoms with Crippen LogP contribution < -0.4 is 9.80 Å². The van der Waals surface area contributed by atoms with Crippen LogP contribution in [0.4, 0.5) is 11.4 Å². The first-order valence-electron chi connectivity index (χ1n) is 11.1. The SMILES string of the molecule is Cc1ccc(N2CCN(c3c(C(=O)N4CCOCC4)cnc4ccc(Cl)cc34)CC2)cc1. The van der Waals surface area contributed by atoms with Gasteiger partial charge in [0, 0.05) is 61.6 Å². The van der Waals surface area contributed by atoms with Gasteiger partial charge < -0.3 is 19.4 Å². The van der Waals surface area contributed by atoms with Crippen LogP contribution in [0.3, 0.4) is 0 Å². The zero-order valence-corrected chi connectivity index (χ0v) is 19.0.